The van der Waals surface area contributed by atoms with Crippen molar-refractivity contribution >= 4 is 11.8 Å². The van der Waals surface area contributed by atoms with Crippen molar-refractivity contribution in [2.24, 2.45) is 0 Å². The van der Waals surface area contributed by atoms with E-state index >= 15 is 0 Å². The zero-order valence-corrected chi connectivity index (χ0v) is 18.8. The molecule has 5 heteroatoms. The van der Waals surface area contributed by atoms with E-state index in [1.54, 1.807) is 38.3 Å². The number of carbonyl (C=O) groups excluding carboxylic acids is 2. The number of ether oxygens (including phenoxy) is 2. The maximum Gasteiger partial charge on any atom is 0.337 e. The summed E-state index contributed by atoms with van der Waals surface area (Å²) in [6.07, 6.45) is 0. The first-order valence-corrected chi connectivity index (χ1v) is 9.85. The highest BCUT2D eigenvalue weighted by Crippen LogP contribution is 2.11. The van der Waals surface area contributed by atoms with Gasteiger partial charge in [-0.05, 0) is 57.7 Å². The van der Waals surface area contributed by atoms with E-state index in [1.807, 2.05) is 31.2 Å². The van der Waals surface area contributed by atoms with Gasteiger partial charge >= 0.3 is 5.97 Å². The van der Waals surface area contributed by atoms with Crippen molar-refractivity contribution in [2.45, 2.75) is 34.6 Å². The van der Waals surface area contributed by atoms with Crippen LogP contribution in [0.2, 0.25) is 0 Å². The van der Waals surface area contributed by atoms with Crippen LogP contribution in [0.15, 0.2) is 48.5 Å². The maximum absolute atomic E-state index is 11.0. The summed E-state index contributed by atoms with van der Waals surface area (Å²) >= 11 is 0. The Hall–Kier alpha value is -2.66. The van der Waals surface area contributed by atoms with E-state index in [1.165, 1.54) is 32.3 Å². The van der Waals surface area contributed by atoms with E-state index < -0.39 is 0 Å². The highest BCUT2D eigenvalue weighted by molar-refractivity contribution is 5.94. The number of benzene rings is 2. The summed E-state index contributed by atoms with van der Waals surface area (Å²) in [4.78, 5) is 24.1. The van der Waals surface area contributed by atoms with E-state index in [4.69, 9.17) is 4.74 Å². The molecular weight excluding hydrogens is 366 g/mol. The fourth-order valence-electron chi connectivity index (χ4n) is 2.30. The molecule has 29 heavy (non-hydrogen) atoms. The van der Waals surface area contributed by atoms with Crippen molar-refractivity contribution in [3.8, 4) is 5.75 Å². The van der Waals surface area contributed by atoms with Gasteiger partial charge in [-0.2, -0.15) is 0 Å². The molecular formula is C24H35NO4. The van der Waals surface area contributed by atoms with Crippen LogP contribution in [-0.2, 0) is 4.74 Å². The number of hydrogen-bond acceptors (Lipinski definition) is 5. The van der Waals surface area contributed by atoms with Crippen LogP contribution in [0, 0.1) is 6.92 Å². The van der Waals surface area contributed by atoms with Crippen LogP contribution in [0.25, 0.3) is 0 Å². The lowest BCUT2D eigenvalue weighted by Gasteiger charge is -2.13. The van der Waals surface area contributed by atoms with Gasteiger partial charge in [0.25, 0.3) is 0 Å². The molecule has 0 spiro atoms. The van der Waals surface area contributed by atoms with Gasteiger partial charge in [-0.25, -0.2) is 4.79 Å². The Morgan fingerprint density at radius 1 is 0.793 bits per heavy atom. The molecule has 0 amide bonds. The quantitative estimate of drug-likeness (QED) is 0.502. The van der Waals surface area contributed by atoms with E-state index in [-0.39, 0.29) is 11.8 Å². The molecule has 0 heterocycles. The fourth-order valence-corrected chi connectivity index (χ4v) is 2.30. The third-order valence-electron chi connectivity index (χ3n) is 4.31. The number of rotatable bonds is 6. The minimum atomic E-state index is -0.336. The number of Topliss-reactive ketones (excluding diaryl/α,β-unsaturated/α-hetero) is 1. The second-order valence-corrected chi connectivity index (χ2v) is 6.26. The van der Waals surface area contributed by atoms with Crippen molar-refractivity contribution < 1.29 is 19.1 Å². The Balaban J connectivity index is 0.000000421. The molecule has 0 aliphatic heterocycles. The molecule has 0 aliphatic rings. The van der Waals surface area contributed by atoms with Crippen LogP contribution in [0.4, 0.5) is 0 Å². The Morgan fingerprint density at radius 3 is 1.55 bits per heavy atom. The molecule has 2 rings (SSSR count). The van der Waals surface area contributed by atoms with E-state index in [9.17, 15) is 9.59 Å². The zero-order valence-electron chi connectivity index (χ0n) is 18.8. The highest BCUT2D eigenvalue weighted by Gasteiger charge is 2.03. The second kappa shape index (κ2) is 15.3. The molecule has 0 atom stereocenters. The highest BCUT2D eigenvalue weighted by atomic mass is 16.5. The van der Waals surface area contributed by atoms with Gasteiger partial charge in [-0.15, -0.1) is 0 Å². The number of carbonyl (C=O) groups is 2. The smallest absolute Gasteiger partial charge is 0.337 e. The van der Waals surface area contributed by atoms with Crippen LogP contribution in [0.1, 0.15) is 54.0 Å². The third-order valence-corrected chi connectivity index (χ3v) is 4.31. The number of hydrogen-bond donors (Lipinski definition) is 0. The summed E-state index contributed by atoms with van der Waals surface area (Å²) in [5.41, 5.74) is 2.49. The SMILES string of the molecule is CC(=O)c1ccc(C)cc1.CCN(CC)CC.COC(=O)c1ccc(OC)cc1. The number of aryl methyl sites for hydroxylation is 1. The topological polar surface area (TPSA) is 55.8 Å². The summed E-state index contributed by atoms with van der Waals surface area (Å²) in [5.74, 6) is 0.514. The summed E-state index contributed by atoms with van der Waals surface area (Å²) in [6, 6.07) is 14.3. The minimum Gasteiger partial charge on any atom is -0.497 e. The Bertz CT molecular complexity index is 699. The van der Waals surface area contributed by atoms with Gasteiger partial charge in [0.1, 0.15) is 5.75 Å². The number of nitrogens with zero attached hydrogens (tertiary/aromatic N) is 1. The number of methoxy groups -OCH3 is 2. The largest absolute Gasteiger partial charge is 0.497 e. The Labute approximate surface area is 175 Å². The second-order valence-electron chi connectivity index (χ2n) is 6.26. The Kier molecular flexibility index (Phi) is 13.9. The van der Waals surface area contributed by atoms with E-state index in [0.717, 1.165) is 11.3 Å². The van der Waals surface area contributed by atoms with Crippen molar-refractivity contribution in [1.82, 2.24) is 4.90 Å². The molecule has 2 aromatic rings. The van der Waals surface area contributed by atoms with Gasteiger partial charge < -0.3 is 14.4 Å². The van der Waals surface area contributed by atoms with Crippen molar-refractivity contribution in [2.75, 3.05) is 33.9 Å². The molecule has 0 fully saturated rings. The molecule has 0 bridgehead atoms. The van der Waals surface area contributed by atoms with Gasteiger partial charge in [0.05, 0.1) is 19.8 Å². The third kappa shape index (κ3) is 11.1. The average Bonchev–Trinajstić information content (AvgIpc) is 2.75. The van der Waals surface area contributed by atoms with Crippen molar-refractivity contribution in [1.29, 1.82) is 0 Å². The summed E-state index contributed by atoms with van der Waals surface area (Å²) in [7, 11) is 2.93. The summed E-state index contributed by atoms with van der Waals surface area (Å²) in [5, 5.41) is 0. The van der Waals surface area contributed by atoms with Crippen LogP contribution in [0.3, 0.4) is 0 Å². The van der Waals surface area contributed by atoms with Gasteiger partial charge in [0, 0.05) is 5.56 Å². The molecule has 0 aliphatic carbocycles. The number of ketones is 1. The first-order valence-electron chi connectivity index (χ1n) is 9.85. The summed E-state index contributed by atoms with van der Waals surface area (Å²) < 4.78 is 9.46. The normalized spacial score (nSPS) is 9.52. The predicted molar refractivity (Wildman–Crippen MR) is 119 cm³/mol. The van der Waals surface area contributed by atoms with Gasteiger partial charge in [0.2, 0.25) is 0 Å². The lowest BCUT2D eigenvalue weighted by molar-refractivity contribution is 0.0600. The monoisotopic (exact) mass is 401 g/mol. The van der Waals surface area contributed by atoms with Crippen molar-refractivity contribution in [3.63, 3.8) is 0 Å². The van der Waals surface area contributed by atoms with Gasteiger partial charge in [-0.3, -0.25) is 4.79 Å². The van der Waals surface area contributed by atoms with E-state index in [2.05, 4.69) is 30.4 Å². The first-order chi connectivity index (χ1) is 13.8. The summed E-state index contributed by atoms with van der Waals surface area (Å²) in [6.45, 7) is 13.7. The molecule has 0 unspecified atom stereocenters. The fraction of sp³-hybridized carbons (Fsp3) is 0.417. The van der Waals surface area contributed by atoms with Crippen LogP contribution >= 0.6 is 0 Å². The van der Waals surface area contributed by atoms with E-state index in [0.29, 0.717) is 5.56 Å². The molecule has 0 radical (unpaired) electrons. The average molecular weight is 402 g/mol. The zero-order chi connectivity index (χ0) is 22.2. The molecule has 2 aromatic carbocycles. The van der Waals surface area contributed by atoms with Crippen LogP contribution in [-0.4, -0.2) is 50.5 Å². The predicted octanol–water partition coefficient (Wildman–Crippen LogP) is 5.03. The lowest BCUT2D eigenvalue weighted by Crippen LogP contribution is -2.21. The van der Waals surface area contributed by atoms with Crippen molar-refractivity contribution in [3.05, 3.63) is 65.2 Å². The molecule has 0 aromatic heterocycles. The molecule has 0 saturated heterocycles. The molecule has 160 valence electrons. The Morgan fingerprint density at radius 2 is 1.24 bits per heavy atom. The standard InChI is InChI=1S/C9H10O3.C9H10O.C6H15N/c1-11-8-5-3-7(4-6-8)9(10)12-2;1-7-3-5-9(6-4-7)8(2)10;1-4-7(5-2)6-3/h3-6H,1-2H3;3-6H,1-2H3;4-6H2,1-3H3. The molecule has 0 saturated carbocycles. The first kappa shape index (κ1) is 26.3. The minimum absolute atomic E-state index is 0.125. The van der Waals surface area contributed by atoms with Gasteiger partial charge in [0.15, 0.2) is 5.78 Å². The lowest BCUT2D eigenvalue weighted by atomic mass is 10.1. The molecule has 0 N–H and O–H groups in total. The number of esters is 1. The molecule has 5 nitrogen and oxygen atoms in total. The van der Waals surface area contributed by atoms with Crippen LogP contribution < -0.4 is 4.74 Å². The van der Waals surface area contributed by atoms with Gasteiger partial charge in [-0.1, -0.05) is 50.6 Å². The van der Waals surface area contributed by atoms with Crippen LogP contribution in [0.5, 0.6) is 5.75 Å². The maximum atomic E-state index is 11.0.